The molecule has 2 aliphatic rings. The minimum atomic E-state index is -0.267. The predicted octanol–water partition coefficient (Wildman–Crippen LogP) is 3.20. The van der Waals surface area contributed by atoms with Crippen molar-refractivity contribution in [1.82, 2.24) is 14.8 Å². The second-order valence-electron chi connectivity index (χ2n) is 5.80. The number of rotatable bonds is 2. The van der Waals surface area contributed by atoms with E-state index in [1.54, 1.807) is 16.8 Å². The summed E-state index contributed by atoms with van der Waals surface area (Å²) in [5.41, 5.74) is 2.76. The first kappa shape index (κ1) is 14.0. The molecule has 0 saturated heterocycles. The van der Waals surface area contributed by atoms with Crippen LogP contribution in [-0.4, -0.2) is 21.6 Å². The lowest BCUT2D eigenvalue weighted by Gasteiger charge is -2.24. The molecular formula is C18H13FN4O2. The maximum Gasteiger partial charge on any atom is 0.231 e. The monoisotopic (exact) mass is 336 g/mol. The molecule has 0 fully saturated rings. The maximum absolute atomic E-state index is 13.3. The van der Waals surface area contributed by atoms with Crippen molar-refractivity contribution >= 4 is 11.6 Å². The van der Waals surface area contributed by atoms with E-state index >= 15 is 0 Å². The van der Waals surface area contributed by atoms with Crippen LogP contribution in [0.25, 0.3) is 5.70 Å². The van der Waals surface area contributed by atoms with Crippen LogP contribution in [0.2, 0.25) is 0 Å². The van der Waals surface area contributed by atoms with Crippen LogP contribution in [0.5, 0.6) is 11.5 Å². The number of hydrogen-bond donors (Lipinski definition) is 1. The van der Waals surface area contributed by atoms with Crippen LogP contribution < -0.4 is 14.8 Å². The van der Waals surface area contributed by atoms with Crippen LogP contribution in [-0.2, 0) is 0 Å². The summed E-state index contributed by atoms with van der Waals surface area (Å²) in [6, 6.07) is 12.0. The number of nitrogens with zero attached hydrogens (tertiary/aromatic N) is 3. The Morgan fingerprint density at radius 3 is 2.80 bits per heavy atom. The second-order valence-corrected chi connectivity index (χ2v) is 5.80. The summed E-state index contributed by atoms with van der Waals surface area (Å²) in [6.07, 6.45) is 3.53. The smallest absolute Gasteiger partial charge is 0.231 e. The number of anilines is 1. The largest absolute Gasteiger partial charge is 0.454 e. The van der Waals surface area contributed by atoms with Gasteiger partial charge in [0.1, 0.15) is 18.2 Å². The van der Waals surface area contributed by atoms with Gasteiger partial charge in [0.15, 0.2) is 11.5 Å². The maximum atomic E-state index is 13.3. The van der Waals surface area contributed by atoms with Gasteiger partial charge in [-0.05, 0) is 42.0 Å². The van der Waals surface area contributed by atoms with Gasteiger partial charge < -0.3 is 14.8 Å². The highest BCUT2D eigenvalue weighted by atomic mass is 19.1. The van der Waals surface area contributed by atoms with Crippen molar-refractivity contribution in [1.29, 1.82) is 0 Å². The zero-order chi connectivity index (χ0) is 16.8. The predicted molar refractivity (Wildman–Crippen MR) is 88.7 cm³/mol. The van der Waals surface area contributed by atoms with E-state index in [0.29, 0.717) is 11.7 Å². The number of fused-ring (bicyclic) bond motifs is 2. The first-order valence-corrected chi connectivity index (χ1v) is 7.82. The molecule has 2 aromatic carbocycles. The third-order valence-corrected chi connectivity index (χ3v) is 4.30. The quantitative estimate of drug-likeness (QED) is 0.779. The number of hydrogen-bond acceptors (Lipinski definition) is 5. The molecule has 25 heavy (non-hydrogen) atoms. The highest BCUT2D eigenvalue weighted by Gasteiger charge is 2.24. The lowest BCUT2D eigenvalue weighted by molar-refractivity contribution is 0.174. The zero-order valence-electron chi connectivity index (χ0n) is 13.0. The van der Waals surface area contributed by atoms with Crippen LogP contribution in [0.1, 0.15) is 17.2 Å². The molecular weight excluding hydrogens is 323 g/mol. The fraction of sp³-hybridized carbons (Fsp3) is 0.111. The van der Waals surface area contributed by atoms with Crippen molar-refractivity contribution in [2.45, 2.75) is 6.04 Å². The van der Waals surface area contributed by atoms with Crippen LogP contribution in [0.15, 0.2) is 54.9 Å². The second kappa shape index (κ2) is 5.34. The lowest BCUT2D eigenvalue weighted by Crippen LogP contribution is -2.20. The molecule has 0 radical (unpaired) electrons. The van der Waals surface area contributed by atoms with Crippen LogP contribution >= 0.6 is 0 Å². The molecule has 7 heteroatoms. The number of allylic oxidation sites excluding steroid dienone is 1. The third-order valence-electron chi connectivity index (χ3n) is 4.30. The number of nitrogens with one attached hydrogen (secondary N) is 1. The Bertz CT molecular complexity index is 981. The zero-order valence-corrected chi connectivity index (χ0v) is 13.0. The standard InChI is InChI=1S/C18H13FN4O2/c19-13-4-1-11(2-5-13)15-8-14(22-18-20-9-21-23(15)18)12-3-6-16-17(7-12)25-10-24-16/h1-9,15H,10H2,(H,20,21,22). The Morgan fingerprint density at radius 2 is 1.92 bits per heavy atom. The SMILES string of the molecule is Fc1ccc(C2C=C(c3ccc4c(c3)OCO4)Nc3ncnn32)cc1. The fourth-order valence-electron chi connectivity index (χ4n) is 3.06. The Morgan fingerprint density at radius 1 is 1.08 bits per heavy atom. The van der Waals surface area contributed by atoms with Gasteiger partial charge in [0.05, 0.1) is 0 Å². The van der Waals surface area contributed by atoms with E-state index in [0.717, 1.165) is 22.6 Å². The molecule has 1 atom stereocenters. The molecule has 6 nitrogen and oxygen atoms in total. The van der Waals surface area contributed by atoms with Gasteiger partial charge in [-0.1, -0.05) is 12.1 Å². The average molecular weight is 336 g/mol. The fourth-order valence-corrected chi connectivity index (χ4v) is 3.06. The van der Waals surface area contributed by atoms with E-state index in [1.807, 2.05) is 24.3 Å². The van der Waals surface area contributed by atoms with Crippen LogP contribution in [0, 0.1) is 5.82 Å². The first-order valence-electron chi connectivity index (χ1n) is 7.82. The van der Waals surface area contributed by atoms with E-state index in [9.17, 15) is 4.39 Å². The molecule has 0 spiro atoms. The van der Waals surface area contributed by atoms with Crippen LogP contribution in [0.3, 0.4) is 0 Å². The number of benzene rings is 2. The van der Waals surface area contributed by atoms with Crippen LogP contribution in [0.4, 0.5) is 10.3 Å². The number of ether oxygens (including phenoxy) is 2. The summed E-state index contributed by atoms with van der Waals surface area (Å²) in [7, 11) is 0. The van der Waals surface area contributed by atoms with Crippen molar-refractivity contribution in [3.63, 3.8) is 0 Å². The summed E-state index contributed by atoms with van der Waals surface area (Å²) in [4.78, 5) is 4.27. The molecule has 3 heterocycles. The summed E-state index contributed by atoms with van der Waals surface area (Å²) in [6.45, 7) is 0.234. The van der Waals surface area contributed by atoms with E-state index in [4.69, 9.17) is 9.47 Å². The molecule has 124 valence electrons. The molecule has 0 amide bonds. The average Bonchev–Trinajstić information content (AvgIpc) is 3.29. The molecule has 0 bridgehead atoms. The van der Waals surface area contributed by atoms with Crippen molar-refractivity contribution in [2.75, 3.05) is 12.1 Å². The van der Waals surface area contributed by atoms with Gasteiger partial charge in [-0.15, -0.1) is 0 Å². The Balaban J connectivity index is 1.59. The van der Waals surface area contributed by atoms with E-state index in [-0.39, 0.29) is 18.7 Å². The molecule has 1 aromatic heterocycles. The molecule has 1 N–H and O–H groups in total. The van der Waals surface area contributed by atoms with E-state index < -0.39 is 0 Å². The molecule has 2 aliphatic heterocycles. The highest BCUT2D eigenvalue weighted by molar-refractivity contribution is 5.78. The Hall–Kier alpha value is -3.35. The Labute approximate surface area is 142 Å². The van der Waals surface area contributed by atoms with Crippen molar-refractivity contribution in [3.05, 3.63) is 71.8 Å². The van der Waals surface area contributed by atoms with Gasteiger partial charge in [0.25, 0.3) is 0 Å². The lowest BCUT2D eigenvalue weighted by atomic mass is 10.0. The molecule has 3 aromatic rings. The number of aromatic nitrogens is 3. The summed E-state index contributed by atoms with van der Waals surface area (Å²) >= 11 is 0. The minimum Gasteiger partial charge on any atom is -0.454 e. The normalized spacial score (nSPS) is 17.6. The summed E-state index contributed by atoms with van der Waals surface area (Å²) in [5.74, 6) is 1.81. The summed E-state index contributed by atoms with van der Waals surface area (Å²) < 4.78 is 25.9. The minimum absolute atomic E-state index is 0.181. The van der Waals surface area contributed by atoms with Gasteiger partial charge in [-0.2, -0.15) is 10.1 Å². The third kappa shape index (κ3) is 2.32. The Kier molecular flexibility index (Phi) is 3.00. The van der Waals surface area contributed by atoms with Gasteiger partial charge in [-0.3, -0.25) is 0 Å². The van der Waals surface area contributed by atoms with Gasteiger partial charge >= 0.3 is 0 Å². The van der Waals surface area contributed by atoms with Gasteiger partial charge in [0, 0.05) is 11.3 Å². The molecule has 5 rings (SSSR count). The summed E-state index contributed by atoms with van der Waals surface area (Å²) in [5, 5.41) is 7.56. The van der Waals surface area contributed by atoms with E-state index in [2.05, 4.69) is 15.4 Å². The van der Waals surface area contributed by atoms with Gasteiger partial charge in [0.2, 0.25) is 12.7 Å². The molecule has 0 saturated carbocycles. The number of halogens is 1. The topological polar surface area (TPSA) is 61.2 Å². The van der Waals surface area contributed by atoms with Crippen molar-refractivity contribution in [2.24, 2.45) is 0 Å². The van der Waals surface area contributed by atoms with Crippen molar-refractivity contribution < 1.29 is 13.9 Å². The highest BCUT2D eigenvalue weighted by Crippen LogP contribution is 2.37. The molecule has 0 aliphatic carbocycles. The van der Waals surface area contributed by atoms with Crippen molar-refractivity contribution in [3.8, 4) is 11.5 Å². The van der Waals surface area contributed by atoms with Gasteiger partial charge in [-0.25, -0.2) is 9.07 Å². The molecule has 1 unspecified atom stereocenters. The van der Waals surface area contributed by atoms with E-state index in [1.165, 1.54) is 18.5 Å². The first-order chi connectivity index (χ1) is 12.3.